The van der Waals surface area contributed by atoms with E-state index in [1.165, 1.54) is 0 Å². The van der Waals surface area contributed by atoms with Gasteiger partial charge in [-0.05, 0) is 63.7 Å². The number of hydrogen-bond donors (Lipinski definition) is 1. The van der Waals surface area contributed by atoms with Crippen molar-refractivity contribution in [2.24, 2.45) is 0 Å². The lowest BCUT2D eigenvalue weighted by Gasteiger charge is -2.35. The van der Waals surface area contributed by atoms with E-state index in [1.54, 1.807) is 32.2 Å². The Labute approximate surface area is 153 Å². The minimum absolute atomic E-state index is 0.0912. The molecule has 0 spiro atoms. The van der Waals surface area contributed by atoms with Gasteiger partial charge in [-0.3, -0.25) is 9.48 Å². The fourth-order valence-electron chi connectivity index (χ4n) is 3.16. The number of carbonyl (C=O) groups excluding carboxylic acids is 1. The van der Waals surface area contributed by atoms with Crippen LogP contribution in [0.1, 0.15) is 55.8 Å². The van der Waals surface area contributed by atoms with Gasteiger partial charge in [0, 0.05) is 31.5 Å². The molecule has 3 heterocycles. The SMILES string of the molecule is CC(C)(O)C#Cc1ccc(C(=O)N2CCCC[C@H]2CCn2cccn2)o1. The molecule has 1 N–H and O–H groups in total. The van der Waals surface area contributed by atoms with Crippen LogP contribution in [0.4, 0.5) is 0 Å². The molecular weight excluding hydrogens is 330 g/mol. The van der Waals surface area contributed by atoms with Crippen LogP contribution >= 0.6 is 0 Å². The van der Waals surface area contributed by atoms with Crippen molar-refractivity contribution in [3.05, 3.63) is 42.1 Å². The molecule has 0 saturated carbocycles. The average molecular weight is 355 g/mol. The molecule has 138 valence electrons. The van der Waals surface area contributed by atoms with Crippen molar-refractivity contribution in [2.45, 2.75) is 57.7 Å². The van der Waals surface area contributed by atoms with Crippen LogP contribution < -0.4 is 0 Å². The monoisotopic (exact) mass is 355 g/mol. The lowest BCUT2D eigenvalue weighted by atomic mass is 9.99. The number of likely N-dealkylation sites (tertiary alicyclic amines) is 1. The number of aryl methyl sites for hydroxylation is 1. The third-order valence-electron chi connectivity index (χ3n) is 4.45. The summed E-state index contributed by atoms with van der Waals surface area (Å²) in [6.07, 6.45) is 7.72. The first-order valence-electron chi connectivity index (χ1n) is 9.06. The number of hydrogen-bond acceptors (Lipinski definition) is 4. The van der Waals surface area contributed by atoms with Crippen LogP contribution in [0, 0.1) is 11.8 Å². The van der Waals surface area contributed by atoms with E-state index in [1.807, 2.05) is 21.8 Å². The highest BCUT2D eigenvalue weighted by Crippen LogP contribution is 2.23. The second-order valence-corrected chi connectivity index (χ2v) is 7.18. The molecule has 0 aromatic carbocycles. The fourth-order valence-corrected chi connectivity index (χ4v) is 3.16. The number of nitrogens with zero attached hydrogens (tertiary/aromatic N) is 3. The zero-order chi connectivity index (χ0) is 18.6. The van der Waals surface area contributed by atoms with Gasteiger partial charge in [0.05, 0.1) is 0 Å². The van der Waals surface area contributed by atoms with Gasteiger partial charge in [0.15, 0.2) is 11.5 Å². The van der Waals surface area contributed by atoms with Crippen LogP contribution in [-0.2, 0) is 6.54 Å². The van der Waals surface area contributed by atoms with Gasteiger partial charge < -0.3 is 14.4 Å². The zero-order valence-corrected chi connectivity index (χ0v) is 15.3. The van der Waals surface area contributed by atoms with Crippen LogP contribution in [-0.4, -0.2) is 43.9 Å². The van der Waals surface area contributed by atoms with Gasteiger partial charge in [-0.25, -0.2) is 0 Å². The molecule has 1 aliphatic rings. The Morgan fingerprint density at radius 1 is 1.42 bits per heavy atom. The van der Waals surface area contributed by atoms with E-state index in [2.05, 4.69) is 16.9 Å². The summed E-state index contributed by atoms with van der Waals surface area (Å²) in [4.78, 5) is 14.8. The molecule has 1 amide bonds. The molecule has 0 unspecified atom stereocenters. The quantitative estimate of drug-likeness (QED) is 0.856. The minimum Gasteiger partial charge on any atom is -0.443 e. The maximum absolute atomic E-state index is 12.9. The Bertz CT molecular complexity index is 790. The minimum atomic E-state index is -1.10. The highest BCUT2D eigenvalue weighted by molar-refractivity contribution is 5.92. The fraction of sp³-hybridized carbons (Fsp3) is 0.500. The van der Waals surface area contributed by atoms with Crippen LogP contribution in [0.25, 0.3) is 0 Å². The summed E-state index contributed by atoms with van der Waals surface area (Å²) in [5, 5.41) is 13.9. The van der Waals surface area contributed by atoms with Crippen LogP contribution in [0.2, 0.25) is 0 Å². The molecule has 0 bridgehead atoms. The van der Waals surface area contributed by atoms with Crippen molar-refractivity contribution >= 4 is 5.91 Å². The summed E-state index contributed by atoms with van der Waals surface area (Å²) in [6, 6.07) is 5.43. The van der Waals surface area contributed by atoms with E-state index in [9.17, 15) is 9.90 Å². The summed E-state index contributed by atoms with van der Waals surface area (Å²) in [6.45, 7) is 4.75. The van der Waals surface area contributed by atoms with E-state index >= 15 is 0 Å². The molecule has 2 aromatic rings. The molecule has 1 saturated heterocycles. The summed E-state index contributed by atoms with van der Waals surface area (Å²) in [7, 11) is 0. The number of amides is 1. The summed E-state index contributed by atoms with van der Waals surface area (Å²) >= 11 is 0. The molecule has 1 atom stereocenters. The number of piperidine rings is 1. The molecule has 6 nitrogen and oxygen atoms in total. The van der Waals surface area contributed by atoms with Crippen molar-refractivity contribution < 1.29 is 14.3 Å². The molecule has 2 aromatic heterocycles. The van der Waals surface area contributed by atoms with E-state index in [-0.39, 0.29) is 11.9 Å². The summed E-state index contributed by atoms with van der Waals surface area (Å²) < 4.78 is 7.50. The van der Waals surface area contributed by atoms with Crippen LogP contribution in [0.5, 0.6) is 0 Å². The highest BCUT2D eigenvalue weighted by Gasteiger charge is 2.29. The number of aliphatic hydroxyl groups is 1. The Balaban J connectivity index is 1.68. The molecule has 1 fully saturated rings. The topological polar surface area (TPSA) is 71.5 Å². The highest BCUT2D eigenvalue weighted by atomic mass is 16.4. The maximum Gasteiger partial charge on any atom is 0.289 e. The zero-order valence-electron chi connectivity index (χ0n) is 15.3. The summed E-state index contributed by atoms with van der Waals surface area (Å²) in [5.74, 6) is 6.06. The normalized spacial score (nSPS) is 17.7. The second kappa shape index (κ2) is 7.79. The van der Waals surface area contributed by atoms with E-state index < -0.39 is 5.60 Å². The van der Waals surface area contributed by atoms with Crippen molar-refractivity contribution in [1.29, 1.82) is 0 Å². The molecule has 1 aliphatic heterocycles. The Morgan fingerprint density at radius 2 is 2.27 bits per heavy atom. The van der Waals surface area contributed by atoms with Crippen molar-refractivity contribution in [2.75, 3.05) is 6.54 Å². The van der Waals surface area contributed by atoms with Gasteiger partial charge in [0.2, 0.25) is 0 Å². The third-order valence-corrected chi connectivity index (χ3v) is 4.45. The summed E-state index contributed by atoms with van der Waals surface area (Å²) in [5.41, 5.74) is -1.10. The predicted octanol–water partition coefficient (Wildman–Crippen LogP) is 2.68. The largest absolute Gasteiger partial charge is 0.443 e. The van der Waals surface area contributed by atoms with E-state index in [0.29, 0.717) is 11.5 Å². The first-order chi connectivity index (χ1) is 12.4. The van der Waals surface area contributed by atoms with E-state index in [0.717, 1.165) is 38.8 Å². The van der Waals surface area contributed by atoms with Crippen molar-refractivity contribution in [1.82, 2.24) is 14.7 Å². The third kappa shape index (κ3) is 4.77. The number of aromatic nitrogens is 2. The Kier molecular flexibility index (Phi) is 5.48. The Hall–Kier alpha value is -2.52. The standard InChI is InChI=1S/C20H25N3O3/c1-20(2,25)11-9-17-7-8-18(26-17)19(24)23-14-4-3-6-16(23)10-15-22-13-5-12-21-22/h5,7-8,12-13,16,25H,3-4,6,10,14-15H2,1-2H3/t16-/m0/s1. The number of carbonyl (C=O) groups is 1. The lowest BCUT2D eigenvalue weighted by Crippen LogP contribution is -2.44. The number of furan rings is 1. The van der Waals surface area contributed by atoms with Gasteiger partial charge in [0.1, 0.15) is 5.60 Å². The molecule has 6 heteroatoms. The van der Waals surface area contributed by atoms with Gasteiger partial charge in [-0.1, -0.05) is 5.92 Å². The molecule has 0 aliphatic carbocycles. The van der Waals surface area contributed by atoms with Crippen molar-refractivity contribution in [3.8, 4) is 11.8 Å². The van der Waals surface area contributed by atoms with Gasteiger partial charge >= 0.3 is 0 Å². The average Bonchev–Trinajstić information content (AvgIpc) is 3.29. The first-order valence-corrected chi connectivity index (χ1v) is 9.06. The molecule has 3 rings (SSSR count). The maximum atomic E-state index is 12.9. The van der Waals surface area contributed by atoms with Gasteiger partial charge in [-0.2, -0.15) is 5.10 Å². The van der Waals surface area contributed by atoms with Gasteiger partial charge in [0.25, 0.3) is 5.91 Å². The molecular formula is C20H25N3O3. The molecule has 26 heavy (non-hydrogen) atoms. The Morgan fingerprint density at radius 3 is 3.00 bits per heavy atom. The second-order valence-electron chi connectivity index (χ2n) is 7.18. The van der Waals surface area contributed by atoms with Crippen molar-refractivity contribution in [3.63, 3.8) is 0 Å². The number of rotatable bonds is 4. The van der Waals surface area contributed by atoms with E-state index in [4.69, 9.17) is 4.42 Å². The molecule has 0 radical (unpaired) electrons. The van der Waals surface area contributed by atoms with Crippen LogP contribution in [0.15, 0.2) is 35.0 Å². The first kappa shape index (κ1) is 18.3. The van der Waals surface area contributed by atoms with Crippen LogP contribution in [0.3, 0.4) is 0 Å². The smallest absolute Gasteiger partial charge is 0.289 e. The predicted molar refractivity (Wildman–Crippen MR) is 97.4 cm³/mol. The lowest BCUT2D eigenvalue weighted by molar-refractivity contribution is 0.0561. The van der Waals surface area contributed by atoms with Gasteiger partial charge in [-0.15, -0.1) is 0 Å².